The van der Waals surface area contributed by atoms with Crippen molar-refractivity contribution >= 4 is 11.9 Å². The van der Waals surface area contributed by atoms with Crippen molar-refractivity contribution in [2.75, 3.05) is 19.8 Å². The number of hydrogen-bond acceptors (Lipinski definition) is 6. The molecular formula is C26H35NO6. The van der Waals surface area contributed by atoms with Gasteiger partial charge in [-0.1, -0.05) is 32.6 Å². The molecule has 0 fully saturated rings. The number of esters is 2. The van der Waals surface area contributed by atoms with Crippen molar-refractivity contribution in [2.24, 2.45) is 0 Å². The van der Waals surface area contributed by atoms with Gasteiger partial charge in [0.05, 0.1) is 19.8 Å². The van der Waals surface area contributed by atoms with E-state index in [0.717, 1.165) is 18.6 Å². The summed E-state index contributed by atoms with van der Waals surface area (Å²) >= 11 is 0. The topological polar surface area (TPSA) is 83.8 Å². The Hall–Kier alpha value is -3.09. The Bertz CT molecular complexity index is 959. The first-order valence-corrected chi connectivity index (χ1v) is 11.7. The number of hydrogen-bond donors (Lipinski definition) is 0. The summed E-state index contributed by atoms with van der Waals surface area (Å²) in [6, 6.07) is 7.35. The molecule has 0 aliphatic carbocycles. The van der Waals surface area contributed by atoms with E-state index >= 15 is 0 Å². The molecule has 2 rings (SSSR count). The van der Waals surface area contributed by atoms with Crippen molar-refractivity contribution in [1.29, 1.82) is 0 Å². The standard InChI is InChI=1S/C26H35NO6/c1-6-9-10-11-12-17-33-21-15-13-20(14-16-21)27-18(4)22(25(29)31-7-2)24(28)23(19(27)5)26(30)32-8-3/h13-16H,6-12,17H2,1-5H3. The van der Waals surface area contributed by atoms with Crippen molar-refractivity contribution in [3.63, 3.8) is 0 Å². The van der Waals surface area contributed by atoms with E-state index in [9.17, 15) is 14.4 Å². The number of nitrogens with zero attached hydrogens (tertiary/aromatic N) is 1. The van der Waals surface area contributed by atoms with Crippen molar-refractivity contribution < 1.29 is 23.8 Å². The quantitative estimate of drug-likeness (QED) is 0.323. The number of aromatic nitrogens is 1. The summed E-state index contributed by atoms with van der Waals surface area (Å²) in [5, 5.41) is 0. The number of ether oxygens (including phenoxy) is 3. The Kier molecular flexibility index (Phi) is 10.2. The van der Waals surface area contributed by atoms with Gasteiger partial charge in [-0.15, -0.1) is 0 Å². The van der Waals surface area contributed by atoms with Crippen molar-refractivity contribution in [1.82, 2.24) is 4.57 Å². The number of pyridine rings is 1. The van der Waals surface area contributed by atoms with E-state index in [-0.39, 0.29) is 24.3 Å². The van der Waals surface area contributed by atoms with Gasteiger partial charge in [0, 0.05) is 17.1 Å². The molecule has 1 heterocycles. The van der Waals surface area contributed by atoms with E-state index in [0.29, 0.717) is 23.7 Å². The maximum atomic E-state index is 13.1. The fourth-order valence-electron chi connectivity index (χ4n) is 3.79. The molecule has 0 radical (unpaired) electrons. The third-order valence-corrected chi connectivity index (χ3v) is 5.42. The van der Waals surface area contributed by atoms with Crippen LogP contribution in [-0.4, -0.2) is 36.3 Å². The van der Waals surface area contributed by atoms with Crippen LogP contribution in [0.25, 0.3) is 5.69 Å². The third-order valence-electron chi connectivity index (χ3n) is 5.42. The van der Waals surface area contributed by atoms with Crippen molar-refractivity contribution in [3.8, 4) is 11.4 Å². The zero-order chi connectivity index (χ0) is 24.4. The summed E-state index contributed by atoms with van der Waals surface area (Å²) in [6.45, 7) is 9.72. The molecule has 7 heteroatoms. The predicted octanol–water partition coefficient (Wildman–Crippen LogP) is 5.16. The highest BCUT2D eigenvalue weighted by atomic mass is 16.5. The Morgan fingerprint density at radius 1 is 0.788 bits per heavy atom. The lowest BCUT2D eigenvalue weighted by Gasteiger charge is -2.20. The number of rotatable bonds is 12. The van der Waals surface area contributed by atoms with Gasteiger partial charge >= 0.3 is 11.9 Å². The molecule has 0 amide bonds. The average Bonchev–Trinajstić information content (AvgIpc) is 2.77. The predicted molar refractivity (Wildman–Crippen MR) is 128 cm³/mol. The highest BCUT2D eigenvalue weighted by molar-refractivity contribution is 5.96. The lowest BCUT2D eigenvalue weighted by Crippen LogP contribution is -2.31. The second-order valence-corrected chi connectivity index (χ2v) is 7.78. The summed E-state index contributed by atoms with van der Waals surface area (Å²) in [7, 11) is 0. The van der Waals surface area contributed by atoms with Crippen molar-refractivity contribution in [3.05, 3.63) is 57.0 Å². The molecule has 0 unspecified atom stereocenters. The first-order chi connectivity index (χ1) is 15.9. The van der Waals surface area contributed by atoms with Gasteiger partial charge in [0.2, 0.25) is 5.43 Å². The Morgan fingerprint density at radius 2 is 1.30 bits per heavy atom. The summed E-state index contributed by atoms with van der Waals surface area (Å²) in [4.78, 5) is 38.2. The summed E-state index contributed by atoms with van der Waals surface area (Å²) in [5.74, 6) is -0.786. The van der Waals surface area contributed by atoms with Crippen LogP contribution in [0.2, 0.25) is 0 Å². The zero-order valence-electron chi connectivity index (χ0n) is 20.4. The van der Waals surface area contributed by atoms with Gasteiger partial charge in [-0.3, -0.25) is 4.79 Å². The van der Waals surface area contributed by atoms with Crippen LogP contribution in [0.1, 0.15) is 85.0 Å². The number of carbonyl (C=O) groups excluding carboxylic acids is 2. The Balaban J connectivity index is 2.41. The van der Waals surface area contributed by atoms with E-state index in [4.69, 9.17) is 14.2 Å². The molecule has 0 atom stereocenters. The van der Waals surface area contributed by atoms with Crippen LogP contribution >= 0.6 is 0 Å². The molecule has 0 aliphatic rings. The van der Waals surface area contributed by atoms with Crippen LogP contribution in [0.3, 0.4) is 0 Å². The summed E-state index contributed by atoms with van der Waals surface area (Å²) in [5.41, 5.74) is 0.468. The smallest absolute Gasteiger partial charge is 0.343 e. The van der Waals surface area contributed by atoms with Crippen LogP contribution in [0.4, 0.5) is 0 Å². The minimum atomic E-state index is -0.762. The third kappa shape index (κ3) is 6.46. The Morgan fingerprint density at radius 3 is 1.79 bits per heavy atom. The lowest BCUT2D eigenvalue weighted by atomic mass is 10.0. The van der Waals surface area contributed by atoms with Crippen LogP contribution in [-0.2, 0) is 9.47 Å². The molecule has 1 aromatic heterocycles. The van der Waals surface area contributed by atoms with Crippen LogP contribution in [0.5, 0.6) is 5.75 Å². The second kappa shape index (κ2) is 12.8. The van der Waals surface area contributed by atoms with E-state index < -0.39 is 17.4 Å². The molecule has 7 nitrogen and oxygen atoms in total. The molecule has 0 aliphatic heterocycles. The van der Waals surface area contributed by atoms with Gasteiger partial charge in [-0.25, -0.2) is 9.59 Å². The van der Waals surface area contributed by atoms with Gasteiger partial charge in [-0.05, 0) is 58.4 Å². The zero-order valence-corrected chi connectivity index (χ0v) is 20.4. The number of unbranched alkanes of at least 4 members (excludes halogenated alkanes) is 4. The monoisotopic (exact) mass is 457 g/mol. The SMILES string of the molecule is CCCCCCCOc1ccc(-n2c(C)c(C(=O)OCC)c(=O)c(C(=O)OCC)c2C)cc1. The maximum Gasteiger partial charge on any atom is 0.343 e. The van der Waals surface area contributed by atoms with Gasteiger partial charge in [0.15, 0.2) is 0 Å². The first-order valence-electron chi connectivity index (χ1n) is 11.7. The van der Waals surface area contributed by atoms with E-state index in [2.05, 4.69) is 6.92 Å². The van der Waals surface area contributed by atoms with Gasteiger partial charge in [0.1, 0.15) is 16.9 Å². The molecular weight excluding hydrogens is 422 g/mol. The minimum Gasteiger partial charge on any atom is -0.494 e. The molecule has 0 N–H and O–H groups in total. The molecule has 0 saturated carbocycles. The largest absolute Gasteiger partial charge is 0.494 e. The lowest BCUT2D eigenvalue weighted by molar-refractivity contribution is 0.0519. The van der Waals surface area contributed by atoms with Crippen LogP contribution < -0.4 is 10.2 Å². The molecule has 33 heavy (non-hydrogen) atoms. The molecule has 180 valence electrons. The maximum absolute atomic E-state index is 13.1. The molecule has 0 saturated heterocycles. The van der Waals surface area contributed by atoms with Gasteiger partial charge in [0.25, 0.3) is 0 Å². The summed E-state index contributed by atoms with van der Waals surface area (Å²) < 4.78 is 17.7. The number of benzene rings is 1. The Labute approximate surface area is 195 Å². The fraction of sp³-hybridized carbons (Fsp3) is 0.500. The molecule has 1 aromatic carbocycles. The highest BCUT2D eigenvalue weighted by Gasteiger charge is 2.27. The minimum absolute atomic E-state index is 0.116. The average molecular weight is 458 g/mol. The van der Waals surface area contributed by atoms with Gasteiger partial charge < -0.3 is 18.8 Å². The molecule has 0 spiro atoms. The van der Waals surface area contributed by atoms with Gasteiger partial charge in [-0.2, -0.15) is 0 Å². The van der Waals surface area contributed by atoms with E-state index in [1.807, 2.05) is 24.3 Å². The van der Waals surface area contributed by atoms with Crippen molar-refractivity contribution in [2.45, 2.75) is 66.7 Å². The fourth-order valence-corrected chi connectivity index (χ4v) is 3.79. The van der Waals surface area contributed by atoms with Crippen LogP contribution in [0, 0.1) is 13.8 Å². The van der Waals surface area contributed by atoms with E-state index in [1.165, 1.54) is 19.3 Å². The molecule has 2 aromatic rings. The normalized spacial score (nSPS) is 10.7. The number of carbonyl (C=O) groups is 2. The molecule has 0 bridgehead atoms. The summed E-state index contributed by atoms with van der Waals surface area (Å²) in [6.07, 6.45) is 5.83. The van der Waals surface area contributed by atoms with E-state index in [1.54, 1.807) is 32.3 Å². The van der Waals surface area contributed by atoms with Crippen LogP contribution in [0.15, 0.2) is 29.1 Å². The second-order valence-electron chi connectivity index (χ2n) is 7.78. The highest BCUT2D eigenvalue weighted by Crippen LogP contribution is 2.22. The first kappa shape index (κ1) is 26.2.